The normalized spacial score (nSPS) is 11.4. The highest BCUT2D eigenvalue weighted by Gasteiger charge is 2.15. The molecular formula is C22H15N3O3. The molecule has 4 rings (SSSR count). The molecule has 0 bridgehead atoms. The van der Waals surface area contributed by atoms with Gasteiger partial charge in [0.2, 0.25) is 0 Å². The summed E-state index contributed by atoms with van der Waals surface area (Å²) in [6.07, 6.45) is 1.64. The van der Waals surface area contributed by atoms with Crippen LogP contribution in [0, 0.1) is 11.3 Å². The van der Waals surface area contributed by atoms with E-state index in [9.17, 15) is 4.79 Å². The number of methoxy groups -OCH3 is 1. The number of aromatic amines is 1. The van der Waals surface area contributed by atoms with E-state index in [0.29, 0.717) is 28.5 Å². The molecule has 2 aromatic carbocycles. The lowest BCUT2D eigenvalue weighted by Gasteiger charge is -2.04. The van der Waals surface area contributed by atoms with E-state index < -0.39 is 5.97 Å². The van der Waals surface area contributed by atoms with E-state index in [1.165, 1.54) is 7.11 Å². The molecule has 0 saturated heterocycles. The molecule has 0 radical (unpaired) electrons. The summed E-state index contributed by atoms with van der Waals surface area (Å²) in [5, 5.41) is 9.02. The van der Waals surface area contributed by atoms with Gasteiger partial charge in [-0.3, -0.25) is 0 Å². The van der Waals surface area contributed by atoms with Gasteiger partial charge in [0.05, 0.1) is 35.3 Å². The zero-order valence-electron chi connectivity index (χ0n) is 15.0. The van der Waals surface area contributed by atoms with Crippen molar-refractivity contribution in [2.24, 2.45) is 0 Å². The summed E-state index contributed by atoms with van der Waals surface area (Å²) in [6.45, 7) is 0. The maximum Gasteiger partial charge on any atom is 0.338 e. The fourth-order valence-corrected chi connectivity index (χ4v) is 2.88. The van der Waals surface area contributed by atoms with Crippen molar-refractivity contribution in [1.82, 2.24) is 9.97 Å². The van der Waals surface area contributed by atoms with Crippen LogP contribution >= 0.6 is 0 Å². The number of esters is 1. The van der Waals surface area contributed by atoms with Gasteiger partial charge < -0.3 is 14.1 Å². The standard InChI is InChI=1S/C22H15N3O3/c1-27-22(26)17(15-5-3-2-4-6-15)12-16-8-10-20(28-16)21-24-18-9-7-14(13-23)11-19(18)25-21/h2-12H,1H3,(H,24,25)/b17-12+. The zero-order chi connectivity index (χ0) is 19.5. The van der Waals surface area contributed by atoms with Crippen molar-refractivity contribution in [3.8, 4) is 17.7 Å². The Balaban J connectivity index is 1.71. The van der Waals surface area contributed by atoms with Gasteiger partial charge in [-0.25, -0.2) is 9.78 Å². The summed E-state index contributed by atoms with van der Waals surface area (Å²) in [5.74, 6) is 1.12. The number of nitrogens with one attached hydrogen (secondary N) is 1. The summed E-state index contributed by atoms with van der Waals surface area (Å²) in [4.78, 5) is 19.8. The minimum Gasteiger partial charge on any atom is -0.465 e. The lowest BCUT2D eigenvalue weighted by molar-refractivity contribution is -0.133. The number of nitriles is 1. The molecule has 1 N–H and O–H groups in total. The molecule has 6 nitrogen and oxygen atoms in total. The number of benzene rings is 2. The summed E-state index contributed by atoms with van der Waals surface area (Å²) in [5.41, 5.74) is 3.17. The number of furan rings is 1. The van der Waals surface area contributed by atoms with E-state index in [1.54, 1.807) is 36.4 Å². The number of H-pyrrole nitrogens is 1. The third-order valence-electron chi connectivity index (χ3n) is 4.25. The molecule has 0 fully saturated rings. The lowest BCUT2D eigenvalue weighted by atomic mass is 10.1. The van der Waals surface area contributed by atoms with E-state index >= 15 is 0 Å². The monoisotopic (exact) mass is 369 g/mol. The van der Waals surface area contributed by atoms with Crippen molar-refractivity contribution in [2.45, 2.75) is 0 Å². The summed E-state index contributed by atoms with van der Waals surface area (Å²) in [7, 11) is 1.34. The highest BCUT2D eigenvalue weighted by Crippen LogP contribution is 2.26. The van der Waals surface area contributed by atoms with E-state index in [4.69, 9.17) is 14.4 Å². The minimum atomic E-state index is -0.447. The second kappa shape index (κ2) is 7.25. The molecule has 0 aliphatic heterocycles. The van der Waals surface area contributed by atoms with Crippen LogP contribution in [0.4, 0.5) is 0 Å². The number of hydrogen-bond acceptors (Lipinski definition) is 5. The number of carbonyl (C=O) groups excluding carboxylic acids is 1. The van der Waals surface area contributed by atoms with Crippen LogP contribution < -0.4 is 0 Å². The van der Waals surface area contributed by atoms with Gasteiger partial charge in [-0.15, -0.1) is 0 Å². The Morgan fingerprint density at radius 1 is 1.18 bits per heavy atom. The largest absolute Gasteiger partial charge is 0.465 e. The zero-order valence-corrected chi connectivity index (χ0v) is 15.0. The summed E-state index contributed by atoms with van der Waals surface area (Å²) >= 11 is 0. The molecule has 0 aliphatic rings. The second-order valence-electron chi connectivity index (χ2n) is 6.05. The van der Waals surface area contributed by atoms with Crippen molar-refractivity contribution < 1.29 is 13.9 Å². The van der Waals surface area contributed by atoms with Gasteiger partial charge in [0.15, 0.2) is 11.6 Å². The van der Waals surface area contributed by atoms with Crippen LogP contribution in [-0.2, 0) is 9.53 Å². The fourth-order valence-electron chi connectivity index (χ4n) is 2.88. The van der Waals surface area contributed by atoms with Gasteiger partial charge in [-0.2, -0.15) is 5.26 Å². The highest BCUT2D eigenvalue weighted by atomic mass is 16.5. The van der Waals surface area contributed by atoms with Gasteiger partial charge in [0.25, 0.3) is 0 Å². The van der Waals surface area contributed by atoms with Crippen LogP contribution in [0.5, 0.6) is 0 Å². The van der Waals surface area contributed by atoms with Crippen molar-refractivity contribution in [3.63, 3.8) is 0 Å². The van der Waals surface area contributed by atoms with Gasteiger partial charge in [0, 0.05) is 0 Å². The molecule has 0 amide bonds. The van der Waals surface area contributed by atoms with E-state index in [1.807, 2.05) is 30.3 Å². The average Bonchev–Trinajstić information content (AvgIpc) is 3.38. The summed E-state index contributed by atoms with van der Waals surface area (Å²) < 4.78 is 10.8. The molecule has 0 saturated carbocycles. The van der Waals surface area contributed by atoms with Gasteiger partial charge >= 0.3 is 5.97 Å². The fraction of sp³-hybridized carbons (Fsp3) is 0.0455. The topological polar surface area (TPSA) is 91.9 Å². The Morgan fingerprint density at radius 2 is 2.00 bits per heavy atom. The average molecular weight is 369 g/mol. The lowest BCUT2D eigenvalue weighted by Crippen LogP contribution is -2.03. The molecule has 4 aromatic rings. The highest BCUT2D eigenvalue weighted by molar-refractivity contribution is 6.21. The molecular weight excluding hydrogens is 354 g/mol. The van der Waals surface area contributed by atoms with Crippen LogP contribution in [-0.4, -0.2) is 23.0 Å². The number of ether oxygens (including phenoxy) is 1. The van der Waals surface area contributed by atoms with Crippen molar-refractivity contribution >= 4 is 28.7 Å². The predicted octanol–water partition coefficient (Wildman–Crippen LogP) is 4.41. The number of nitrogens with zero attached hydrogens (tertiary/aromatic N) is 2. The van der Waals surface area contributed by atoms with Crippen LogP contribution in [0.15, 0.2) is 65.1 Å². The van der Waals surface area contributed by atoms with Gasteiger partial charge in [-0.05, 0) is 42.0 Å². The summed E-state index contributed by atoms with van der Waals surface area (Å²) in [6, 6.07) is 20.1. The number of carbonyl (C=O) groups is 1. The first-order valence-corrected chi connectivity index (χ1v) is 8.53. The molecule has 2 aromatic heterocycles. The van der Waals surface area contributed by atoms with E-state index in [2.05, 4.69) is 16.0 Å². The molecule has 0 atom stereocenters. The first kappa shape index (κ1) is 17.3. The maximum absolute atomic E-state index is 12.2. The van der Waals surface area contributed by atoms with Crippen molar-refractivity contribution in [2.75, 3.05) is 7.11 Å². The predicted molar refractivity (Wildman–Crippen MR) is 105 cm³/mol. The maximum atomic E-state index is 12.2. The number of imidazole rings is 1. The molecule has 0 unspecified atom stereocenters. The number of fused-ring (bicyclic) bond motifs is 1. The first-order valence-electron chi connectivity index (χ1n) is 8.53. The van der Waals surface area contributed by atoms with Crippen LogP contribution in [0.2, 0.25) is 0 Å². The quantitative estimate of drug-likeness (QED) is 0.425. The second-order valence-corrected chi connectivity index (χ2v) is 6.05. The smallest absolute Gasteiger partial charge is 0.338 e. The Morgan fingerprint density at radius 3 is 2.75 bits per heavy atom. The third kappa shape index (κ3) is 3.29. The Bertz CT molecular complexity index is 1230. The van der Waals surface area contributed by atoms with E-state index in [-0.39, 0.29) is 0 Å². The van der Waals surface area contributed by atoms with Gasteiger partial charge in [0.1, 0.15) is 5.76 Å². The van der Waals surface area contributed by atoms with Crippen molar-refractivity contribution in [3.05, 3.63) is 77.6 Å². The van der Waals surface area contributed by atoms with E-state index in [0.717, 1.165) is 16.6 Å². The number of aromatic nitrogens is 2. The molecule has 0 aliphatic carbocycles. The Labute approximate surface area is 160 Å². The molecule has 2 heterocycles. The third-order valence-corrected chi connectivity index (χ3v) is 4.25. The first-order chi connectivity index (χ1) is 13.7. The molecule has 6 heteroatoms. The van der Waals surface area contributed by atoms with Crippen molar-refractivity contribution in [1.29, 1.82) is 5.26 Å². The minimum absolute atomic E-state index is 0.396. The molecule has 136 valence electrons. The van der Waals surface area contributed by atoms with Gasteiger partial charge in [-0.1, -0.05) is 30.3 Å². The molecule has 28 heavy (non-hydrogen) atoms. The SMILES string of the molecule is COC(=O)/C(=C/c1ccc(-c2nc3ccc(C#N)cc3[nH]2)o1)c1ccccc1. The van der Waals surface area contributed by atoms with Crippen LogP contribution in [0.25, 0.3) is 34.3 Å². The Hall–Kier alpha value is -4.11. The Kier molecular flexibility index (Phi) is 4.48. The van der Waals surface area contributed by atoms with Crippen LogP contribution in [0.1, 0.15) is 16.9 Å². The number of rotatable bonds is 4. The molecule has 0 spiro atoms. The van der Waals surface area contributed by atoms with Crippen LogP contribution in [0.3, 0.4) is 0 Å². The number of hydrogen-bond donors (Lipinski definition) is 1.